The minimum Gasteiger partial charge on any atom is -0.391 e. The van der Waals surface area contributed by atoms with E-state index >= 15 is 0 Å². The van der Waals surface area contributed by atoms with E-state index in [1.165, 1.54) is 37.7 Å². The number of hydrogen-bond donors (Lipinski definition) is 2. The zero-order valence-electron chi connectivity index (χ0n) is 16.8. The summed E-state index contributed by atoms with van der Waals surface area (Å²) in [6.45, 7) is 3.30. The van der Waals surface area contributed by atoms with Gasteiger partial charge in [-0.3, -0.25) is 5.43 Å². The average molecular weight is 425 g/mol. The van der Waals surface area contributed by atoms with Crippen LogP contribution < -0.4 is 15.6 Å². The van der Waals surface area contributed by atoms with Crippen molar-refractivity contribution in [1.82, 2.24) is 5.59 Å². The average Bonchev–Trinajstić information content (AvgIpc) is 2.71. The molecule has 0 unspecified atom stereocenters. The van der Waals surface area contributed by atoms with Gasteiger partial charge in [0, 0.05) is 18.6 Å². The van der Waals surface area contributed by atoms with Gasteiger partial charge in [-0.15, -0.1) is 0 Å². The first-order chi connectivity index (χ1) is 14.1. The summed E-state index contributed by atoms with van der Waals surface area (Å²) < 4.78 is 26.0. The number of nitrogens with zero attached hydrogens (tertiary/aromatic N) is 1. The van der Waals surface area contributed by atoms with Crippen LogP contribution in [0.4, 0.5) is 14.5 Å². The van der Waals surface area contributed by atoms with Crippen molar-refractivity contribution in [2.45, 2.75) is 58.4 Å². The summed E-state index contributed by atoms with van der Waals surface area (Å²) in [5.74, 6) is 0. The Bertz CT molecular complexity index is 765. The molecule has 7 heteroatoms. The standard InChI is InChI=1S/C22H29ClF2N3O/c1-2-3-4-5-6-13-28-14-11-18(12-15-28)7-8-19-9-10-21(20(23)16-19)26-27-29-17-22(24)25/h9-12,14-17,26-27H,2-8,13H2,1H3/q+1. The molecule has 158 valence electrons. The van der Waals surface area contributed by atoms with E-state index in [0.29, 0.717) is 17.0 Å². The van der Waals surface area contributed by atoms with Crippen molar-refractivity contribution in [3.05, 3.63) is 71.2 Å². The molecule has 0 saturated carbocycles. The van der Waals surface area contributed by atoms with E-state index in [1.54, 1.807) is 6.07 Å². The van der Waals surface area contributed by atoms with Crippen molar-refractivity contribution in [3.63, 3.8) is 0 Å². The summed E-state index contributed by atoms with van der Waals surface area (Å²) in [6.07, 6.45) is 10.9. The number of pyridine rings is 1. The van der Waals surface area contributed by atoms with E-state index in [2.05, 4.69) is 51.9 Å². The van der Waals surface area contributed by atoms with Gasteiger partial charge in [0.1, 0.15) is 6.54 Å². The minimum atomic E-state index is -1.93. The molecule has 1 aromatic carbocycles. The molecule has 2 N–H and O–H groups in total. The summed E-state index contributed by atoms with van der Waals surface area (Å²) in [5, 5.41) is 0.484. The first-order valence-corrected chi connectivity index (χ1v) is 10.4. The molecule has 0 atom stereocenters. The zero-order chi connectivity index (χ0) is 20.9. The number of anilines is 1. The topological polar surface area (TPSA) is 37.2 Å². The third-order valence-corrected chi connectivity index (χ3v) is 4.92. The van der Waals surface area contributed by atoms with Crippen LogP contribution in [0.25, 0.3) is 0 Å². The van der Waals surface area contributed by atoms with Gasteiger partial charge < -0.3 is 4.84 Å². The van der Waals surface area contributed by atoms with Gasteiger partial charge >= 0.3 is 6.08 Å². The van der Waals surface area contributed by atoms with Crippen LogP contribution in [0.1, 0.15) is 50.2 Å². The Kier molecular flexibility index (Phi) is 10.5. The van der Waals surface area contributed by atoms with Gasteiger partial charge in [0.2, 0.25) is 0 Å². The second kappa shape index (κ2) is 13.1. The van der Waals surface area contributed by atoms with Crippen molar-refractivity contribution in [1.29, 1.82) is 0 Å². The molecular formula is C22H29ClF2N3O+. The predicted octanol–water partition coefficient (Wildman–Crippen LogP) is 5.97. The molecule has 0 radical (unpaired) electrons. The number of hydrazine groups is 1. The Morgan fingerprint density at radius 1 is 1.03 bits per heavy atom. The van der Waals surface area contributed by atoms with Crippen molar-refractivity contribution in [3.8, 4) is 0 Å². The first-order valence-electron chi connectivity index (χ1n) is 10.0. The monoisotopic (exact) mass is 424 g/mol. The molecule has 0 spiro atoms. The zero-order valence-corrected chi connectivity index (χ0v) is 17.5. The van der Waals surface area contributed by atoms with Gasteiger partial charge in [-0.1, -0.05) is 49.4 Å². The normalized spacial score (nSPS) is 10.6. The van der Waals surface area contributed by atoms with Gasteiger partial charge in [-0.05, 0) is 42.5 Å². The Labute approximate surface area is 176 Å². The van der Waals surface area contributed by atoms with Crippen LogP contribution in [0.2, 0.25) is 5.02 Å². The second-order valence-electron chi connectivity index (χ2n) is 6.93. The van der Waals surface area contributed by atoms with Gasteiger partial charge in [0.05, 0.1) is 10.7 Å². The highest BCUT2D eigenvalue weighted by atomic mass is 35.5. The number of nitrogens with one attached hydrogen (secondary N) is 2. The van der Waals surface area contributed by atoms with Crippen molar-refractivity contribution in [2.75, 3.05) is 5.43 Å². The van der Waals surface area contributed by atoms with Crippen molar-refractivity contribution >= 4 is 17.3 Å². The molecule has 0 aliphatic rings. The number of aromatic nitrogens is 1. The molecule has 0 fully saturated rings. The van der Waals surface area contributed by atoms with Gasteiger partial charge in [-0.25, -0.2) is 4.57 Å². The molecule has 2 aromatic rings. The molecule has 0 aliphatic heterocycles. The van der Waals surface area contributed by atoms with Crippen LogP contribution in [-0.4, -0.2) is 0 Å². The maximum atomic E-state index is 11.9. The van der Waals surface area contributed by atoms with Gasteiger partial charge in [0.25, 0.3) is 0 Å². The number of rotatable bonds is 13. The lowest BCUT2D eigenvalue weighted by Gasteiger charge is -2.10. The molecule has 0 bridgehead atoms. The lowest BCUT2D eigenvalue weighted by atomic mass is 10.1. The number of aryl methyl sites for hydroxylation is 3. The van der Waals surface area contributed by atoms with Gasteiger partial charge in [0.15, 0.2) is 18.7 Å². The molecule has 0 amide bonds. The Morgan fingerprint density at radius 3 is 2.45 bits per heavy atom. The highest BCUT2D eigenvalue weighted by Gasteiger charge is 2.05. The van der Waals surface area contributed by atoms with E-state index in [0.717, 1.165) is 24.9 Å². The van der Waals surface area contributed by atoms with Crippen LogP contribution in [0.5, 0.6) is 0 Å². The van der Waals surface area contributed by atoms with Crippen LogP contribution in [0.3, 0.4) is 0 Å². The number of benzene rings is 1. The van der Waals surface area contributed by atoms with Crippen molar-refractivity contribution in [2.24, 2.45) is 0 Å². The van der Waals surface area contributed by atoms with Crippen LogP contribution in [0.15, 0.2) is 55.1 Å². The SMILES string of the molecule is CCCCCCC[n+]1ccc(CCc2ccc(NNOC=C(F)F)c(Cl)c2)cc1. The van der Waals surface area contributed by atoms with Crippen molar-refractivity contribution < 1.29 is 18.2 Å². The molecule has 2 rings (SSSR count). The van der Waals surface area contributed by atoms with Crippen LogP contribution in [0, 0.1) is 0 Å². The summed E-state index contributed by atoms with van der Waals surface area (Å²) in [5.41, 5.74) is 7.73. The fraction of sp³-hybridized carbons (Fsp3) is 0.409. The van der Waals surface area contributed by atoms with E-state index in [9.17, 15) is 8.78 Å². The number of unbranched alkanes of at least 4 members (excludes halogenated alkanes) is 4. The fourth-order valence-electron chi connectivity index (χ4n) is 2.96. The molecule has 1 aromatic heterocycles. The summed E-state index contributed by atoms with van der Waals surface area (Å²) in [7, 11) is 0. The van der Waals surface area contributed by atoms with Gasteiger partial charge in [-0.2, -0.15) is 8.78 Å². The van der Waals surface area contributed by atoms with E-state index < -0.39 is 6.08 Å². The Morgan fingerprint density at radius 2 is 1.76 bits per heavy atom. The third kappa shape index (κ3) is 9.24. The van der Waals surface area contributed by atoms with E-state index in [4.69, 9.17) is 11.6 Å². The third-order valence-electron chi connectivity index (χ3n) is 4.61. The molecule has 1 heterocycles. The largest absolute Gasteiger partial charge is 0.391 e. The predicted molar refractivity (Wildman–Crippen MR) is 112 cm³/mol. The Balaban J connectivity index is 1.76. The molecule has 0 saturated heterocycles. The van der Waals surface area contributed by atoms with E-state index in [-0.39, 0.29) is 0 Å². The minimum absolute atomic E-state index is 0.297. The van der Waals surface area contributed by atoms with E-state index in [1.807, 2.05) is 12.1 Å². The number of hydrogen-bond acceptors (Lipinski definition) is 3. The highest BCUT2D eigenvalue weighted by Crippen LogP contribution is 2.23. The number of halogens is 3. The summed E-state index contributed by atoms with van der Waals surface area (Å²) in [4.78, 5) is 4.41. The molecule has 0 aliphatic carbocycles. The maximum Gasteiger partial charge on any atom is 0.307 e. The lowest BCUT2D eigenvalue weighted by molar-refractivity contribution is -0.697. The quantitative estimate of drug-likeness (QED) is 0.180. The molecule has 29 heavy (non-hydrogen) atoms. The van der Waals surface area contributed by atoms with Crippen LogP contribution >= 0.6 is 11.6 Å². The lowest BCUT2D eigenvalue weighted by Crippen LogP contribution is -2.32. The first kappa shape index (κ1) is 23.1. The van der Waals surface area contributed by atoms with Crippen LogP contribution in [-0.2, 0) is 24.2 Å². The molecule has 4 nitrogen and oxygen atoms in total. The molecular weight excluding hydrogens is 396 g/mol. The Hall–Kier alpha value is -2.18. The smallest absolute Gasteiger partial charge is 0.307 e. The fourth-order valence-corrected chi connectivity index (χ4v) is 3.21. The summed E-state index contributed by atoms with van der Waals surface area (Å²) >= 11 is 6.23. The second-order valence-corrected chi connectivity index (χ2v) is 7.33. The highest BCUT2D eigenvalue weighted by molar-refractivity contribution is 6.33. The maximum absolute atomic E-state index is 11.9. The summed E-state index contributed by atoms with van der Waals surface area (Å²) in [6, 6.07) is 9.92.